The van der Waals surface area contributed by atoms with E-state index in [9.17, 15) is 5.11 Å². The predicted octanol–water partition coefficient (Wildman–Crippen LogP) is 2.03. The van der Waals surface area contributed by atoms with Crippen molar-refractivity contribution in [2.75, 3.05) is 24.6 Å². The quantitative estimate of drug-likeness (QED) is 0.883. The second-order valence-electron chi connectivity index (χ2n) is 4.99. The van der Waals surface area contributed by atoms with E-state index in [4.69, 9.17) is 4.42 Å². The van der Waals surface area contributed by atoms with Crippen molar-refractivity contribution in [3.63, 3.8) is 0 Å². The van der Waals surface area contributed by atoms with Crippen LogP contribution < -0.4 is 10.2 Å². The smallest absolute Gasteiger partial charge is 0.185 e. The van der Waals surface area contributed by atoms with Gasteiger partial charge in [-0.15, -0.1) is 11.3 Å². The van der Waals surface area contributed by atoms with Crippen LogP contribution in [0.2, 0.25) is 0 Å². The number of nitrogens with one attached hydrogen (secondary N) is 1. The molecule has 1 aliphatic rings. The average molecular weight is 293 g/mol. The lowest BCUT2D eigenvalue weighted by molar-refractivity contribution is 0.207. The lowest BCUT2D eigenvalue weighted by Gasteiger charge is -2.33. The van der Waals surface area contributed by atoms with Gasteiger partial charge in [-0.05, 0) is 25.0 Å². The summed E-state index contributed by atoms with van der Waals surface area (Å²) in [5.74, 6) is 0.801. The minimum Gasteiger partial charge on any atom is -0.468 e. The molecule has 0 radical (unpaired) electrons. The first-order valence-electron chi connectivity index (χ1n) is 6.91. The summed E-state index contributed by atoms with van der Waals surface area (Å²) in [6, 6.07) is 4.05. The monoisotopic (exact) mass is 293 g/mol. The second kappa shape index (κ2) is 6.39. The number of hydrogen-bond donors (Lipinski definition) is 2. The lowest BCUT2D eigenvalue weighted by atomic mass is 10.0. The summed E-state index contributed by atoms with van der Waals surface area (Å²) in [7, 11) is 0. The summed E-state index contributed by atoms with van der Waals surface area (Å²) in [5, 5.41) is 16.1. The molecule has 2 N–H and O–H groups in total. The average Bonchev–Trinajstić information content (AvgIpc) is 3.18. The van der Waals surface area contributed by atoms with E-state index in [1.54, 1.807) is 17.6 Å². The highest BCUT2D eigenvalue weighted by molar-refractivity contribution is 7.13. The molecule has 1 fully saturated rings. The van der Waals surface area contributed by atoms with E-state index in [0.29, 0.717) is 6.04 Å². The van der Waals surface area contributed by atoms with Crippen molar-refractivity contribution in [3.05, 3.63) is 35.7 Å². The van der Waals surface area contributed by atoms with Gasteiger partial charge in [-0.1, -0.05) is 0 Å². The number of rotatable bonds is 5. The van der Waals surface area contributed by atoms with Crippen LogP contribution in [0, 0.1) is 0 Å². The number of aliphatic hydroxyl groups excluding tert-OH is 1. The molecule has 0 aromatic carbocycles. The highest BCUT2D eigenvalue weighted by atomic mass is 32.1. The van der Waals surface area contributed by atoms with Crippen LogP contribution in [0.25, 0.3) is 0 Å². The fraction of sp³-hybridized carbons (Fsp3) is 0.500. The summed E-state index contributed by atoms with van der Waals surface area (Å²) in [5.41, 5.74) is 0. The van der Waals surface area contributed by atoms with Gasteiger partial charge in [0.1, 0.15) is 5.76 Å². The van der Waals surface area contributed by atoms with Crippen LogP contribution in [0.15, 0.2) is 34.4 Å². The number of furan rings is 1. The maximum Gasteiger partial charge on any atom is 0.185 e. The highest BCUT2D eigenvalue weighted by Crippen LogP contribution is 2.23. The zero-order valence-electron chi connectivity index (χ0n) is 11.2. The molecular weight excluding hydrogens is 274 g/mol. The number of piperidine rings is 1. The fourth-order valence-electron chi connectivity index (χ4n) is 2.61. The van der Waals surface area contributed by atoms with Gasteiger partial charge in [0.15, 0.2) is 5.13 Å². The van der Waals surface area contributed by atoms with Gasteiger partial charge in [0, 0.05) is 30.7 Å². The SMILES string of the molecule is OCC(NC1CCN(c2nccs2)CC1)c1ccco1. The van der Waals surface area contributed by atoms with E-state index in [-0.39, 0.29) is 12.6 Å². The molecule has 1 aliphatic heterocycles. The number of anilines is 1. The van der Waals surface area contributed by atoms with Crippen molar-refractivity contribution in [1.82, 2.24) is 10.3 Å². The number of nitrogens with zero attached hydrogens (tertiary/aromatic N) is 2. The zero-order valence-corrected chi connectivity index (χ0v) is 12.1. The minimum absolute atomic E-state index is 0.0558. The molecule has 0 spiro atoms. The van der Waals surface area contributed by atoms with Crippen LogP contribution in [0.4, 0.5) is 5.13 Å². The molecule has 1 atom stereocenters. The van der Waals surface area contributed by atoms with Gasteiger partial charge in [-0.2, -0.15) is 0 Å². The van der Waals surface area contributed by atoms with E-state index >= 15 is 0 Å². The van der Waals surface area contributed by atoms with Gasteiger partial charge in [0.25, 0.3) is 0 Å². The van der Waals surface area contributed by atoms with Gasteiger partial charge in [-0.25, -0.2) is 4.98 Å². The molecule has 0 aliphatic carbocycles. The fourth-order valence-corrected chi connectivity index (χ4v) is 3.31. The van der Waals surface area contributed by atoms with Crippen LogP contribution in [-0.2, 0) is 0 Å². The molecule has 6 heteroatoms. The molecule has 2 aromatic heterocycles. The minimum atomic E-state index is -0.110. The molecule has 20 heavy (non-hydrogen) atoms. The zero-order chi connectivity index (χ0) is 13.8. The Morgan fingerprint density at radius 2 is 2.35 bits per heavy atom. The summed E-state index contributed by atoms with van der Waals surface area (Å²) in [6.07, 6.45) is 5.60. The summed E-state index contributed by atoms with van der Waals surface area (Å²) >= 11 is 1.69. The molecule has 108 valence electrons. The predicted molar refractivity (Wildman–Crippen MR) is 79.0 cm³/mol. The maximum atomic E-state index is 9.49. The van der Waals surface area contributed by atoms with Crippen LogP contribution in [-0.4, -0.2) is 35.8 Å². The Hall–Kier alpha value is -1.37. The Bertz CT molecular complexity index is 492. The summed E-state index contributed by atoms with van der Waals surface area (Å²) < 4.78 is 5.37. The first-order valence-corrected chi connectivity index (χ1v) is 7.79. The van der Waals surface area contributed by atoms with Crippen molar-refractivity contribution < 1.29 is 9.52 Å². The first kappa shape index (κ1) is 13.6. The lowest BCUT2D eigenvalue weighted by Crippen LogP contribution is -2.44. The molecule has 1 saturated heterocycles. The van der Waals surface area contributed by atoms with Crippen LogP contribution in [0.1, 0.15) is 24.6 Å². The third-order valence-corrected chi connectivity index (χ3v) is 4.52. The van der Waals surface area contributed by atoms with Crippen molar-refractivity contribution >= 4 is 16.5 Å². The molecule has 0 bridgehead atoms. The largest absolute Gasteiger partial charge is 0.468 e. The van der Waals surface area contributed by atoms with E-state index in [0.717, 1.165) is 36.8 Å². The molecule has 5 nitrogen and oxygen atoms in total. The topological polar surface area (TPSA) is 61.5 Å². The van der Waals surface area contributed by atoms with Crippen molar-refractivity contribution in [3.8, 4) is 0 Å². The van der Waals surface area contributed by atoms with Crippen LogP contribution >= 0.6 is 11.3 Å². The molecule has 0 amide bonds. The third kappa shape index (κ3) is 3.03. The van der Waals surface area contributed by atoms with Gasteiger partial charge < -0.3 is 19.7 Å². The van der Waals surface area contributed by atoms with E-state index in [1.165, 1.54) is 0 Å². The van der Waals surface area contributed by atoms with Crippen molar-refractivity contribution in [1.29, 1.82) is 0 Å². The molecule has 3 heterocycles. The van der Waals surface area contributed by atoms with Gasteiger partial charge in [-0.3, -0.25) is 0 Å². The first-order chi connectivity index (χ1) is 9.86. The normalized spacial score (nSPS) is 18.4. The third-order valence-electron chi connectivity index (χ3n) is 3.69. The Morgan fingerprint density at radius 1 is 1.50 bits per heavy atom. The Labute approximate surface area is 122 Å². The van der Waals surface area contributed by atoms with Gasteiger partial charge >= 0.3 is 0 Å². The summed E-state index contributed by atoms with van der Waals surface area (Å²) in [6.45, 7) is 2.06. The molecule has 2 aromatic rings. The number of thiazole rings is 1. The van der Waals surface area contributed by atoms with Crippen LogP contribution in [0.3, 0.4) is 0 Å². The number of aromatic nitrogens is 1. The van der Waals surface area contributed by atoms with E-state index in [2.05, 4.69) is 15.2 Å². The van der Waals surface area contributed by atoms with Crippen molar-refractivity contribution in [2.24, 2.45) is 0 Å². The molecule has 0 saturated carbocycles. The van der Waals surface area contributed by atoms with Gasteiger partial charge in [0.2, 0.25) is 0 Å². The number of aliphatic hydroxyl groups is 1. The highest BCUT2D eigenvalue weighted by Gasteiger charge is 2.24. The van der Waals surface area contributed by atoms with Crippen molar-refractivity contribution in [2.45, 2.75) is 24.9 Å². The molecule has 3 rings (SSSR count). The Kier molecular flexibility index (Phi) is 4.34. The molecular formula is C14H19N3O2S. The standard InChI is InChI=1S/C14H19N3O2S/c18-10-12(13-2-1-8-19-13)16-11-3-6-17(7-4-11)14-15-5-9-20-14/h1-2,5,8-9,11-12,16,18H,3-4,6-7,10H2. The Balaban J connectivity index is 1.53. The number of hydrogen-bond acceptors (Lipinski definition) is 6. The Morgan fingerprint density at radius 3 is 2.95 bits per heavy atom. The summed E-state index contributed by atoms with van der Waals surface area (Å²) in [4.78, 5) is 6.67. The maximum absolute atomic E-state index is 9.49. The second-order valence-corrected chi connectivity index (χ2v) is 5.87. The van der Waals surface area contributed by atoms with Crippen LogP contribution in [0.5, 0.6) is 0 Å². The van der Waals surface area contributed by atoms with Gasteiger partial charge in [0.05, 0.1) is 18.9 Å². The molecule has 1 unspecified atom stereocenters. The van der Waals surface area contributed by atoms with E-state index < -0.39 is 0 Å². The van der Waals surface area contributed by atoms with E-state index in [1.807, 2.05) is 23.7 Å².